The topological polar surface area (TPSA) is 91.8 Å². The molecule has 1 heterocycles. The maximum absolute atomic E-state index is 14.0. The second kappa shape index (κ2) is 13.6. The van der Waals surface area contributed by atoms with Crippen LogP contribution in [0.15, 0.2) is 72.8 Å². The van der Waals surface area contributed by atoms with E-state index in [2.05, 4.69) is 17.0 Å². The van der Waals surface area contributed by atoms with E-state index in [1.165, 1.54) is 11.6 Å². The molecule has 1 saturated heterocycles. The number of benzene rings is 3. The molecule has 0 spiro atoms. The fourth-order valence-corrected chi connectivity index (χ4v) is 5.11. The normalized spacial score (nSPS) is 15.6. The Labute approximate surface area is 248 Å². The van der Waals surface area contributed by atoms with E-state index < -0.39 is 11.7 Å². The van der Waals surface area contributed by atoms with Gasteiger partial charge in [0.1, 0.15) is 22.8 Å². The van der Waals surface area contributed by atoms with Gasteiger partial charge in [-0.05, 0) is 50.6 Å². The molecule has 0 unspecified atom stereocenters. The molecule has 0 aliphatic carbocycles. The van der Waals surface area contributed by atoms with Crippen molar-refractivity contribution in [2.75, 3.05) is 40.4 Å². The van der Waals surface area contributed by atoms with Gasteiger partial charge in [-0.15, -0.1) is 0 Å². The van der Waals surface area contributed by atoms with Gasteiger partial charge in [-0.2, -0.15) is 0 Å². The summed E-state index contributed by atoms with van der Waals surface area (Å²) in [7, 11) is 3.15. The van der Waals surface area contributed by atoms with Gasteiger partial charge in [0.2, 0.25) is 0 Å². The number of amides is 2. The Morgan fingerprint density at radius 2 is 1.67 bits per heavy atom. The molecular weight excluding hydrogens is 534 g/mol. The van der Waals surface area contributed by atoms with Gasteiger partial charge in [-0.25, -0.2) is 4.79 Å². The number of hydrogen-bond acceptors (Lipinski definition) is 7. The highest BCUT2D eigenvalue weighted by molar-refractivity contribution is 5.96. The minimum absolute atomic E-state index is 0.104. The largest absolute Gasteiger partial charge is 0.507 e. The van der Waals surface area contributed by atoms with Gasteiger partial charge in [-0.3, -0.25) is 9.69 Å². The van der Waals surface area contributed by atoms with Crippen LogP contribution in [0.5, 0.6) is 17.2 Å². The van der Waals surface area contributed by atoms with E-state index in [0.29, 0.717) is 31.1 Å². The predicted molar refractivity (Wildman–Crippen MR) is 161 cm³/mol. The molecule has 0 saturated carbocycles. The summed E-state index contributed by atoms with van der Waals surface area (Å²) in [6, 6.07) is 21.7. The van der Waals surface area contributed by atoms with Crippen molar-refractivity contribution in [3.05, 3.63) is 89.5 Å². The molecule has 1 fully saturated rings. The summed E-state index contributed by atoms with van der Waals surface area (Å²) in [5, 5.41) is 10.6. The first kappa shape index (κ1) is 30.7. The SMILES string of the molecule is COc1ccc(CN(C[C@@H]2CN(Cc3ccccc3)CCN2C(=O)OC(C)(C)C)C(=O)c2ccccc2O)c(OC)c1. The number of aromatic hydroxyl groups is 1. The Hall–Kier alpha value is -4.24. The number of phenols is 1. The van der Waals surface area contributed by atoms with Crippen molar-refractivity contribution in [3.63, 3.8) is 0 Å². The molecule has 1 aliphatic heterocycles. The zero-order valence-corrected chi connectivity index (χ0v) is 25.1. The fourth-order valence-electron chi connectivity index (χ4n) is 5.11. The highest BCUT2D eigenvalue weighted by atomic mass is 16.6. The van der Waals surface area contributed by atoms with Crippen LogP contribution in [0.4, 0.5) is 4.79 Å². The smallest absolute Gasteiger partial charge is 0.410 e. The zero-order valence-electron chi connectivity index (χ0n) is 25.1. The monoisotopic (exact) mass is 575 g/mol. The summed E-state index contributed by atoms with van der Waals surface area (Å²) in [6.07, 6.45) is -0.413. The second-order valence-electron chi connectivity index (χ2n) is 11.4. The molecule has 1 atom stereocenters. The van der Waals surface area contributed by atoms with Crippen molar-refractivity contribution < 1.29 is 28.9 Å². The molecule has 2 amide bonds. The Morgan fingerprint density at radius 3 is 2.33 bits per heavy atom. The molecular formula is C33H41N3O6. The number of carbonyl (C=O) groups excluding carboxylic acids is 2. The number of rotatable bonds is 9. The Bertz CT molecular complexity index is 1360. The molecule has 224 valence electrons. The van der Waals surface area contributed by atoms with Gasteiger partial charge in [0.15, 0.2) is 0 Å². The summed E-state index contributed by atoms with van der Waals surface area (Å²) in [5.74, 6) is 0.750. The maximum Gasteiger partial charge on any atom is 0.410 e. The van der Waals surface area contributed by atoms with E-state index >= 15 is 0 Å². The van der Waals surface area contributed by atoms with Crippen LogP contribution < -0.4 is 9.47 Å². The van der Waals surface area contributed by atoms with Crippen LogP contribution in [-0.4, -0.2) is 83.8 Å². The molecule has 9 nitrogen and oxygen atoms in total. The predicted octanol–water partition coefficient (Wildman–Crippen LogP) is 5.17. The molecule has 1 N–H and O–H groups in total. The first-order chi connectivity index (χ1) is 20.1. The fraction of sp³-hybridized carbons (Fsp3) is 0.394. The summed E-state index contributed by atoms with van der Waals surface area (Å²) < 4.78 is 16.8. The lowest BCUT2D eigenvalue weighted by Crippen LogP contribution is -2.59. The highest BCUT2D eigenvalue weighted by Crippen LogP contribution is 2.28. The van der Waals surface area contributed by atoms with Gasteiger partial charge < -0.3 is 29.1 Å². The maximum atomic E-state index is 14.0. The van der Waals surface area contributed by atoms with Crippen molar-refractivity contribution >= 4 is 12.0 Å². The number of nitrogens with zero attached hydrogens (tertiary/aromatic N) is 3. The number of phenolic OH excluding ortho intramolecular Hbond substituents is 1. The van der Waals surface area contributed by atoms with Gasteiger partial charge in [-0.1, -0.05) is 42.5 Å². The number of para-hydroxylation sites is 1. The van der Waals surface area contributed by atoms with Crippen molar-refractivity contribution in [2.24, 2.45) is 0 Å². The summed E-state index contributed by atoms with van der Waals surface area (Å²) in [6.45, 7) is 8.32. The number of hydrogen-bond donors (Lipinski definition) is 1. The van der Waals surface area contributed by atoms with E-state index in [0.717, 1.165) is 12.1 Å². The molecule has 4 rings (SSSR count). The van der Waals surface area contributed by atoms with Gasteiger partial charge in [0.25, 0.3) is 5.91 Å². The number of piperazine rings is 1. The van der Waals surface area contributed by atoms with Gasteiger partial charge >= 0.3 is 6.09 Å². The minimum atomic E-state index is -0.662. The molecule has 42 heavy (non-hydrogen) atoms. The van der Waals surface area contributed by atoms with E-state index in [9.17, 15) is 14.7 Å². The molecule has 0 radical (unpaired) electrons. The van der Waals surface area contributed by atoms with Crippen LogP contribution in [-0.2, 0) is 17.8 Å². The van der Waals surface area contributed by atoms with Crippen molar-refractivity contribution in [3.8, 4) is 17.2 Å². The van der Waals surface area contributed by atoms with Crippen molar-refractivity contribution in [2.45, 2.75) is 45.5 Å². The van der Waals surface area contributed by atoms with Crippen LogP contribution in [0.2, 0.25) is 0 Å². The first-order valence-corrected chi connectivity index (χ1v) is 14.1. The van der Waals surface area contributed by atoms with Crippen LogP contribution in [0.25, 0.3) is 0 Å². The second-order valence-corrected chi connectivity index (χ2v) is 11.4. The highest BCUT2D eigenvalue weighted by Gasteiger charge is 2.36. The number of carbonyl (C=O) groups is 2. The molecule has 3 aromatic carbocycles. The van der Waals surface area contributed by atoms with Gasteiger partial charge in [0.05, 0.1) is 25.8 Å². The Morgan fingerprint density at radius 1 is 0.952 bits per heavy atom. The standard InChI is InChI=1S/C33H41N3O6/c1-33(2,3)42-32(39)36-18-17-34(20-24-11-7-6-8-12-24)22-26(36)23-35(31(38)28-13-9-10-14-29(28)37)21-25-15-16-27(40-4)19-30(25)41-5/h6-16,19,26,37H,17-18,20-23H2,1-5H3/t26-/m0/s1. The van der Waals surface area contributed by atoms with E-state index in [1.807, 2.05) is 51.1 Å². The van der Waals surface area contributed by atoms with Crippen LogP contribution in [0.3, 0.4) is 0 Å². The van der Waals surface area contributed by atoms with Crippen LogP contribution >= 0.6 is 0 Å². The third-order valence-corrected chi connectivity index (χ3v) is 7.15. The molecule has 0 bridgehead atoms. The molecule has 1 aliphatic rings. The summed E-state index contributed by atoms with van der Waals surface area (Å²) >= 11 is 0. The molecule has 9 heteroatoms. The summed E-state index contributed by atoms with van der Waals surface area (Å²) in [4.78, 5) is 33.1. The van der Waals surface area contributed by atoms with Crippen molar-refractivity contribution in [1.82, 2.24) is 14.7 Å². The number of ether oxygens (including phenoxy) is 3. The molecule has 3 aromatic rings. The van der Waals surface area contributed by atoms with Crippen LogP contribution in [0, 0.1) is 0 Å². The van der Waals surface area contributed by atoms with E-state index in [-0.39, 0.29) is 36.4 Å². The molecule has 0 aromatic heterocycles. The lowest BCUT2D eigenvalue weighted by molar-refractivity contribution is -0.00857. The lowest BCUT2D eigenvalue weighted by atomic mass is 10.1. The average molecular weight is 576 g/mol. The first-order valence-electron chi connectivity index (χ1n) is 14.1. The Balaban J connectivity index is 1.67. The number of methoxy groups -OCH3 is 2. The third-order valence-electron chi connectivity index (χ3n) is 7.15. The van der Waals surface area contributed by atoms with E-state index in [4.69, 9.17) is 14.2 Å². The lowest BCUT2D eigenvalue weighted by Gasteiger charge is -2.43. The minimum Gasteiger partial charge on any atom is -0.507 e. The average Bonchev–Trinajstić information content (AvgIpc) is 2.96. The van der Waals surface area contributed by atoms with Crippen molar-refractivity contribution in [1.29, 1.82) is 0 Å². The van der Waals surface area contributed by atoms with Gasteiger partial charge in [0, 0.05) is 50.9 Å². The van der Waals surface area contributed by atoms with E-state index in [1.54, 1.807) is 48.3 Å². The quantitative estimate of drug-likeness (QED) is 0.376. The Kier molecular flexibility index (Phi) is 9.96. The third kappa shape index (κ3) is 7.94. The summed E-state index contributed by atoms with van der Waals surface area (Å²) in [5.41, 5.74) is 1.46. The zero-order chi connectivity index (χ0) is 30.3. The van der Waals surface area contributed by atoms with Crippen LogP contribution in [0.1, 0.15) is 42.3 Å².